The predicted octanol–water partition coefficient (Wildman–Crippen LogP) is 3.74. The minimum atomic E-state index is -1.59. The van der Waals surface area contributed by atoms with Gasteiger partial charge in [-0.2, -0.15) is 5.26 Å². The summed E-state index contributed by atoms with van der Waals surface area (Å²) >= 11 is 0. The van der Waals surface area contributed by atoms with Crippen LogP contribution in [0.1, 0.15) is 36.0 Å². The monoisotopic (exact) mass is 448 g/mol. The first-order valence-corrected chi connectivity index (χ1v) is 11.3. The average molecular weight is 449 g/mol. The number of rotatable bonds is 2. The first kappa shape index (κ1) is 21.6. The van der Waals surface area contributed by atoms with Gasteiger partial charge in [-0.25, -0.2) is 0 Å². The Bertz CT molecular complexity index is 1400. The molecule has 0 radical (unpaired) electrons. The molecule has 1 spiro atoms. The van der Waals surface area contributed by atoms with Crippen LogP contribution < -0.4 is 15.5 Å². The van der Waals surface area contributed by atoms with Gasteiger partial charge in [0.1, 0.15) is 17.3 Å². The number of fused-ring (bicyclic) bond motifs is 3. The Morgan fingerprint density at radius 1 is 1.12 bits per heavy atom. The van der Waals surface area contributed by atoms with E-state index in [1.807, 2.05) is 38.1 Å². The highest BCUT2D eigenvalue weighted by Crippen LogP contribution is 2.56. The van der Waals surface area contributed by atoms with E-state index in [0.29, 0.717) is 41.8 Å². The van der Waals surface area contributed by atoms with Crippen molar-refractivity contribution in [3.63, 3.8) is 0 Å². The summed E-state index contributed by atoms with van der Waals surface area (Å²) in [6, 6.07) is 15.5. The third-order valence-electron chi connectivity index (χ3n) is 6.89. The molecule has 2 N–H and O–H groups in total. The maximum atomic E-state index is 14.2. The summed E-state index contributed by atoms with van der Waals surface area (Å²) in [5, 5.41) is 10.4. The van der Waals surface area contributed by atoms with Gasteiger partial charge in [-0.1, -0.05) is 30.2 Å². The van der Waals surface area contributed by atoms with E-state index in [1.54, 1.807) is 17.0 Å². The van der Waals surface area contributed by atoms with Crippen molar-refractivity contribution in [2.45, 2.75) is 38.5 Å². The third kappa shape index (κ3) is 2.69. The van der Waals surface area contributed by atoms with Crippen LogP contribution >= 0.6 is 0 Å². The topological polar surface area (TPSA) is 90.4 Å². The van der Waals surface area contributed by atoms with Gasteiger partial charge in [-0.3, -0.25) is 19.4 Å². The van der Waals surface area contributed by atoms with Crippen LogP contribution in [0.15, 0.2) is 65.1 Å². The zero-order valence-electron chi connectivity index (χ0n) is 19.2. The number of nitrogens with zero attached hydrogens (tertiary/aromatic N) is 3. The largest absolute Gasteiger partial charge is 0.384 e. The molecule has 0 bridgehead atoms. The van der Waals surface area contributed by atoms with Gasteiger partial charge in [0.15, 0.2) is 5.78 Å². The van der Waals surface area contributed by atoms with Crippen LogP contribution in [0.4, 0.5) is 11.4 Å². The summed E-state index contributed by atoms with van der Waals surface area (Å²) in [5.74, 6) is 2.18. The first-order valence-electron chi connectivity index (χ1n) is 11.3. The van der Waals surface area contributed by atoms with E-state index in [9.17, 15) is 14.9 Å². The van der Waals surface area contributed by atoms with Gasteiger partial charge >= 0.3 is 0 Å². The van der Waals surface area contributed by atoms with Crippen LogP contribution in [0.3, 0.4) is 0 Å². The molecule has 1 atom stereocenters. The molecule has 2 heterocycles. The Hall–Kier alpha value is -4.29. The van der Waals surface area contributed by atoms with Crippen LogP contribution in [-0.2, 0) is 15.0 Å². The number of hydrogen-bond acceptors (Lipinski definition) is 5. The van der Waals surface area contributed by atoms with Crippen molar-refractivity contribution >= 4 is 23.1 Å². The highest BCUT2D eigenvalue weighted by atomic mass is 16.2. The summed E-state index contributed by atoms with van der Waals surface area (Å²) in [6.45, 7) is 4.01. The molecule has 1 aliphatic carbocycles. The van der Waals surface area contributed by atoms with Gasteiger partial charge in [0.2, 0.25) is 5.91 Å². The Balaban J connectivity index is 1.89. The number of hydrogen-bond donors (Lipinski definition) is 1. The van der Waals surface area contributed by atoms with Gasteiger partial charge in [0, 0.05) is 34.6 Å². The van der Waals surface area contributed by atoms with Gasteiger partial charge < -0.3 is 5.73 Å². The Labute approximate surface area is 199 Å². The number of aryl methyl sites for hydroxylation is 2. The molecule has 2 aliphatic heterocycles. The summed E-state index contributed by atoms with van der Waals surface area (Å²) in [4.78, 5) is 31.1. The van der Waals surface area contributed by atoms with Crippen LogP contribution in [0.2, 0.25) is 0 Å². The second-order valence-corrected chi connectivity index (χ2v) is 9.01. The summed E-state index contributed by atoms with van der Waals surface area (Å²) in [6.07, 6.45) is 7.12. The van der Waals surface area contributed by atoms with Crippen LogP contribution in [0.25, 0.3) is 0 Å². The molecule has 2 aromatic carbocycles. The van der Waals surface area contributed by atoms with Crippen LogP contribution in [0.5, 0.6) is 0 Å². The highest BCUT2D eigenvalue weighted by Gasteiger charge is 2.62. The maximum Gasteiger partial charge on any atom is 0.248 e. The quantitative estimate of drug-likeness (QED) is 0.707. The molecule has 0 fully saturated rings. The molecule has 0 aromatic heterocycles. The van der Waals surface area contributed by atoms with E-state index in [0.717, 1.165) is 16.8 Å². The fourth-order valence-electron chi connectivity index (χ4n) is 5.75. The highest BCUT2D eigenvalue weighted by molar-refractivity contribution is 6.20. The van der Waals surface area contributed by atoms with E-state index in [4.69, 9.17) is 12.2 Å². The van der Waals surface area contributed by atoms with Crippen molar-refractivity contribution in [1.29, 1.82) is 5.26 Å². The summed E-state index contributed by atoms with van der Waals surface area (Å²) < 4.78 is 0. The van der Waals surface area contributed by atoms with Gasteiger partial charge in [-0.15, -0.1) is 6.42 Å². The molecule has 3 aliphatic rings. The number of nitrogens with two attached hydrogens (primary N) is 1. The number of allylic oxidation sites excluding steroid dienone is 1. The molecule has 0 saturated heterocycles. The third-order valence-corrected chi connectivity index (χ3v) is 6.89. The molecule has 34 heavy (non-hydrogen) atoms. The molecular formula is C28H24N4O2. The second-order valence-electron chi connectivity index (χ2n) is 9.01. The lowest BCUT2D eigenvalue weighted by Gasteiger charge is -2.44. The Kier molecular flexibility index (Phi) is 4.84. The number of benzene rings is 2. The van der Waals surface area contributed by atoms with E-state index in [1.165, 1.54) is 4.90 Å². The van der Waals surface area contributed by atoms with Crippen molar-refractivity contribution in [3.05, 3.63) is 81.8 Å². The van der Waals surface area contributed by atoms with Crippen molar-refractivity contribution in [2.24, 2.45) is 5.73 Å². The minimum absolute atomic E-state index is 0.0355. The SMILES string of the molecule is C#CCN1C(=O)C2(C(C#N)=C(N)N(c3cc(C)cc(C)c3)C3=C2C(=O)CCC3)c2ccccc21. The fraction of sp³-hybridized carbons (Fsp3) is 0.250. The van der Waals surface area contributed by atoms with Crippen molar-refractivity contribution < 1.29 is 9.59 Å². The fourth-order valence-corrected chi connectivity index (χ4v) is 5.75. The molecule has 2 aromatic rings. The average Bonchev–Trinajstić information content (AvgIpc) is 3.03. The number of carbonyl (C=O) groups excluding carboxylic acids is 2. The smallest absolute Gasteiger partial charge is 0.248 e. The number of ketones is 1. The van der Waals surface area contributed by atoms with E-state index in [-0.39, 0.29) is 23.7 Å². The van der Waals surface area contributed by atoms with Crippen molar-refractivity contribution in [2.75, 3.05) is 16.3 Å². The standard InChI is InChI=1S/C28H24N4O2/c1-4-12-31-22-9-6-5-8-20(22)28(27(31)34)21(16-29)26(30)32(19-14-17(2)13-18(3)15-19)23-10-7-11-24(33)25(23)28/h1,5-6,8-9,13-15H,7,10-12,30H2,2-3H3. The number of anilines is 2. The van der Waals surface area contributed by atoms with Gasteiger partial charge in [-0.05, 0) is 56.0 Å². The van der Waals surface area contributed by atoms with E-state index >= 15 is 0 Å². The maximum absolute atomic E-state index is 14.2. The van der Waals surface area contributed by atoms with E-state index in [2.05, 4.69) is 18.1 Å². The lowest BCUT2D eigenvalue weighted by atomic mass is 9.63. The lowest BCUT2D eigenvalue weighted by molar-refractivity contribution is -0.124. The molecule has 168 valence electrons. The normalized spacial score (nSPS) is 21.5. The zero-order valence-corrected chi connectivity index (χ0v) is 19.2. The Morgan fingerprint density at radius 2 is 1.82 bits per heavy atom. The first-order chi connectivity index (χ1) is 16.4. The Morgan fingerprint density at radius 3 is 2.50 bits per heavy atom. The number of nitriles is 1. The number of carbonyl (C=O) groups is 2. The van der Waals surface area contributed by atoms with Crippen LogP contribution in [-0.4, -0.2) is 18.2 Å². The molecule has 0 saturated carbocycles. The number of terminal acetylenes is 1. The zero-order chi connectivity index (χ0) is 24.2. The second kappa shape index (κ2) is 7.64. The van der Waals surface area contributed by atoms with Crippen molar-refractivity contribution in [3.8, 4) is 18.4 Å². The molecule has 6 nitrogen and oxygen atoms in total. The van der Waals surface area contributed by atoms with Gasteiger partial charge in [0.05, 0.1) is 12.1 Å². The molecular weight excluding hydrogens is 424 g/mol. The minimum Gasteiger partial charge on any atom is -0.384 e. The molecule has 1 amide bonds. The lowest BCUT2D eigenvalue weighted by Crippen LogP contribution is -2.52. The molecule has 1 unspecified atom stereocenters. The van der Waals surface area contributed by atoms with Gasteiger partial charge in [0.25, 0.3) is 0 Å². The summed E-state index contributed by atoms with van der Waals surface area (Å²) in [5.41, 5.74) is 10.3. The van der Waals surface area contributed by atoms with E-state index < -0.39 is 11.3 Å². The van der Waals surface area contributed by atoms with Crippen molar-refractivity contribution in [1.82, 2.24) is 0 Å². The number of Topliss-reactive ketones (excluding diaryl/α,β-unsaturated/α-hetero) is 1. The summed E-state index contributed by atoms with van der Waals surface area (Å²) in [7, 11) is 0. The van der Waals surface area contributed by atoms with Crippen LogP contribution in [0, 0.1) is 37.5 Å². The predicted molar refractivity (Wildman–Crippen MR) is 130 cm³/mol. The number of para-hydroxylation sites is 1. The molecule has 5 rings (SSSR count). The molecule has 6 heteroatoms. The number of amides is 1.